The summed E-state index contributed by atoms with van der Waals surface area (Å²) in [4.78, 5) is 0. The minimum Gasteiger partial charge on any atom is -0.497 e. The second kappa shape index (κ2) is 6.46. The Bertz CT molecular complexity index is 621. The molecule has 5 heteroatoms. The molecule has 2 nitrogen and oxygen atoms in total. The smallest absolute Gasteiger partial charge is 0.132 e. The van der Waals surface area contributed by atoms with Gasteiger partial charge in [0.2, 0.25) is 0 Å². The number of hydrogen-bond acceptors (Lipinski definition) is 2. The first-order valence-electron chi connectivity index (χ1n) is 6.07. The third kappa shape index (κ3) is 3.25. The van der Waals surface area contributed by atoms with E-state index in [1.165, 1.54) is 13.2 Å². The molecule has 0 radical (unpaired) electrons. The third-order valence-electron chi connectivity index (χ3n) is 3.00. The van der Waals surface area contributed by atoms with Crippen LogP contribution in [0.15, 0.2) is 40.9 Å². The molecule has 106 valence electrons. The van der Waals surface area contributed by atoms with Gasteiger partial charge in [0.25, 0.3) is 0 Å². The average molecular weight is 359 g/mol. The first-order chi connectivity index (χ1) is 9.52. The molecular formula is C15H14BrClFNO. The summed E-state index contributed by atoms with van der Waals surface area (Å²) in [5.41, 5.74) is 1.39. The molecule has 0 fully saturated rings. The van der Waals surface area contributed by atoms with Crippen LogP contribution in [-0.2, 0) is 0 Å². The van der Waals surface area contributed by atoms with Gasteiger partial charge in [-0.25, -0.2) is 4.39 Å². The lowest BCUT2D eigenvalue weighted by molar-refractivity contribution is 0.410. The maximum Gasteiger partial charge on any atom is 0.132 e. The lowest BCUT2D eigenvalue weighted by Gasteiger charge is -2.18. The number of ether oxygens (including phenoxy) is 1. The summed E-state index contributed by atoms with van der Waals surface area (Å²) in [6.45, 7) is 1.89. The molecule has 0 aromatic heterocycles. The minimum absolute atomic E-state index is 0.198. The van der Waals surface area contributed by atoms with E-state index in [1.54, 1.807) is 18.2 Å². The Morgan fingerprint density at radius 3 is 2.70 bits per heavy atom. The van der Waals surface area contributed by atoms with Gasteiger partial charge in [0.15, 0.2) is 0 Å². The number of rotatable bonds is 4. The molecular weight excluding hydrogens is 345 g/mol. The van der Waals surface area contributed by atoms with E-state index in [1.807, 2.05) is 19.1 Å². The molecule has 0 saturated carbocycles. The molecule has 0 bridgehead atoms. The van der Waals surface area contributed by atoms with Crippen molar-refractivity contribution in [2.45, 2.75) is 13.0 Å². The summed E-state index contributed by atoms with van der Waals surface area (Å²) in [6, 6.07) is 10.1. The largest absolute Gasteiger partial charge is 0.497 e. The molecule has 0 aliphatic heterocycles. The Kier molecular flexibility index (Phi) is 4.89. The molecule has 0 aliphatic carbocycles. The molecule has 0 aliphatic rings. The predicted molar refractivity (Wildman–Crippen MR) is 84.1 cm³/mol. The maximum absolute atomic E-state index is 14.0. The zero-order valence-corrected chi connectivity index (χ0v) is 13.4. The molecule has 0 spiro atoms. The van der Waals surface area contributed by atoms with Gasteiger partial charge in [0, 0.05) is 11.6 Å². The fourth-order valence-electron chi connectivity index (χ4n) is 1.91. The van der Waals surface area contributed by atoms with Crippen molar-refractivity contribution in [1.82, 2.24) is 0 Å². The zero-order chi connectivity index (χ0) is 14.7. The van der Waals surface area contributed by atoms with Crippen molar-refractivity contribution in [2.75, 3.05) is 12.4 Å². The van der Waals surface area contributed by atoms with Crippen molar-refractivity contribution in [3.63, 3.8) is 0 Å². The first kappa shape index (κ1) is 15.1. The average Bonchev–Trinajstić information content (AvgIpc) is 2.43. The number of halogens is 3. The molecule has 0 saturated heterocycles. The van der Waals surface area contributed by atoms with Gasteiger partial charge in [0.1, 0.15) is 11.6 Å². The summed E-state index contributed by atoms with van der Waals surface area (Å²) in [6.07, 6.45) is 0. The van der Waals surface area contributed by atoms with Crippen LogP contribution in [0.1, 0.15) is 18.5 Å². The molecule has 0 amide bonds. The maximum atomic E-state index is 14.0. The summed E-state index contributed by atoms with van der Waals surface area (Å²) >= 11 is 9.45. The quantitative estimate of drug-likeness (QED) is 0.787. The van der Waals surface area contributed by atoms with Gasteiger partial charge in [-0.3, -0.25) is 0 Å². The van der Waals surface area contributed by atoms with Gasteiger partial charge in [-0.2, -0.15) is 0 Å². The van der Waals surface area contributed by atoms with Crippen molar-refractivity contribution in [2.24, 2.45) is 0 Å². The highest BCUT2D eigenvalue weighted by atomic mass is 79.9. The Labute approximate surface area is 131 Å². The molecule has 1 unspecified atom stereocenters. The van der Waals surface area contributed by atoms with Crippen LogP contribution in [-0.4, -0.2) is 7.11 Å². The topological polar surface area (TPSA) is 21.3 Å². The summed E-state index contributed by atoms with van der Waals surface area (Å²) in [5.74, 6) is 0.199. The van der Waals surface area contributed by atoms with Crippen molar-refractivity contribution < 1.29 is 9.13 Å². The van der Waals surface area contributed by atoms with Crippen molar-refractivity contribution in [3.8, 4) is 5.75 Å². The van der Waals surface area contributed by atoms with Gasteiger partial charge in [-0.1, -0.05) is 23.7 Å². The second-order valence-electron chi connectivity index (χ2n) is 4.35. The van der Waals surface area contributed by atoms with Crippen LogP contribution in [0, 0.1) is 5.82 Å². The first-order valence-corrected chi connectivity index (χ1v) is 7.24. The van der Waals surface area contributed by atoms with Crippen LogP contribution in [0.4, 0.5) is 10.1 Å². The van der Waals surface area contributed by atoms with Crippen LogP contribution >= 0.6 is 27.5 Å². The fraction of sp³-hybridized carbons (Fsp3) is 0.200. The molecule has 0 heterocycles. The number of benzene rings is 2. The summed E-state index contributed by atoms with van der Waals surface area (Å²) < 4.78 is 19.8. The Morgan fingerprint density at radius 1 is 1.30 bits per heavy atom. The summed E-state index contributed by atoms with van der Waals surface area (Å²) in [5, 5.41) is 3.84. The molecule has 20 heavy (non-hydrogen) atoms. The highest BCUT2D eigenvalue weighted by molar-refractivity contribution is 9.10. The Balaban J connectivity index is 2.24. The highest BCUT2D eigenvalue weighted by Crippen LogP contribution is 2.33. The standard InChI is InChI=1S/C15H14BrClFNO/c1-9(11-7-6-10(20-2)8-13(11)18)19-14-5-3-4-12(17)15(14)16/h3-9,19H,1-2H3. The minimum atomic E-state index is -0.303. The van der Waals surface area contributed by atoms with Gasteiger partial charge >= 0.3 is 0 Å². The molecule has 1 atom stereocenters. The van der Waals surface area contributed by atoms with Crippen LogP contribution < -0.4 is 10.1 Å². The third-order valence-corrected chi connectivity index (χ3v) is 4.40. The van der Waals surface area contributed by atoms with Crippen molar-refractivity contribution >= 4 is 33.2 Å². The summed E-state index contributed by atoms with van der Waals surface area (Å²) in [7, 11) is 1.51. The molecule has 2 rings (SSSR count). The van der Waals surface area contributed by atoms with Gasteiger partial charge in [0.05, 0.1) is 28.3 Å². The number of anilines is 1. The predicted octanol–water partition coefficient (Wildman–Crippen LogP) is 5.42. The van der Waals surface area contributed by atoms with E-state index in [0.717, 1.165) is 10.2 Å². The fourth-order valence-corrected chi connectivity index (χ4v) is 2.47. The SMILES string of the molecule is COc1ccc(C(C)Nc2cccc(Cl)c2Br)c(F)c1. The zero-order valence-electron chi connectivity index (χ0n) is 11.1. The normalized spacial score (nSPS) is 12.1. The molecule has 1 N–H and O–H groups in total. The second-order valence-corrected chi connectivity index (χ2v) is 5.56. The molecule has 2 aromatic carbocycles. The number of methoxy groups -OCH3 is 1. The van der Waals surface area contributed by atoms with Gasteiger partial charge in [-0.05, 0) is 41.1 Å². The number of nitrogens with one attached hydrogen (secondary N) is 1. The van der Waals surface area contributed by atoms with E-state index in [9.17, 15) is 4.39 Å². The molecule has 2 aromatic rings. The monoisotopic (exact) mass is 357 g/mol. The van der Waals surface area contributed by atoms with Crippen LogP contribution in [0.3, 0.4) is 0 Å². The van der Waals surface area contributed by atoms with Crippen molar-refractivity contribution in [1.29, 1.82) is 0 Å². The van der Waals surface area contributed by atoms with Gasteiger partial charge in [-0.15, -0.1) is 0 Å². The number of hydrogen-bond donors (Lipinski definition) is 1. The van der Waals surface area contributed by atoms with E-state index >= 15 is 0 Å². The van der Waals surface area contributed by atoms with E-state index in [2.05, 4.69) is 21.2 Å². The van der Waals surface area contributed by atoms with Crippen LogP contribution in [0.5, 0.6) is 5.75 Å². The van der Waals surface area contributed by atoms with Crippen LogP contribution in [0.25, 0.3) is 0 Å². The van der Waals surface area contributed by atoms with E-state index in [0.29, 0.717) is 16.3 Å². The van der Waals surface area contributed by atoms with E-state index in [4.69, 9.17) is 16.3 Å². The van der Waals surface area contributed by atoms with Gasteiger partial charge < -0.3 is 10.1 Å². The van der Waals surface area contributed by atoms with E-state index in [-0.39, 0.29) is 11.9 Å². The van der Waals surface area contributed by atoms with Crippen molar-refractivity contribution in [3.05, 3.63) is 57.3 Å². The lowest BCUT2D eigenvalue weighted by atomic mass is 10.1. The Hall–Kier alpha value is -1.26. The van der Waals surface area contributed by atoms with Crippen LogP contribution in [0.2, 0.25) is 5.02 Å². The van der Waals surface area contributed by atoms with E-state index < -0.39 is 0 Å². The Morgan fingerprint density at radius 2 is 2.05 bits per heavy atom. The highest BCUT2D eigenvalue weighted by Gasteiger charge is 2.13. The lowest BCUT2D eigenvalue weighted by Crippen LogP contribution is -2.09.